The van der Waals surface area contributed by atoms with E-state index in [0.29, 0.717) is 12.8 Å². The molecule has 0 bridgehead atoms. The second-order valence-corrected chi connectivity index (χ2v) is 19.0. The molecule has 1 fully saturated rings. The Morgan fingerprint density at radius 1 is 0.541 bits per heavy atom. The fourth-order valence-corrected chi connectivity index (χ4v) is 8.42. The van der Waals surface area contributed by atoms with Gasteiger partial charge < -0.3 is 34.3 Å². The fourth-order valence-electron chi connectivity index (χ4n) is 7.73. The molecule has 1 aliphatic rings. The Labute approximate surface area is 371 Å². The lowest BCUT2D eigenvalue weighted by molar-refractivity contribution is -0.297. The molecule has 0 aromatic rings. The number of aliphatic hydroxyl groups excluding tert-OH is 3. The molecule has 0 aromatic heterocycles. The first-order valence-electron chi connectivity index (χ1n) is 24.7. The Morgan fingerprint density at radius 3 is 1.38 bits per heavy atom. The lowest BCUT2D eigenvalue weighted by atomic mass is 10.00. The molecular weight excluding hydrogens is 801 g/mol. The molecule has 0 radical (unpaired) electrons. The average molecular weight is 891 g/mol. The van der Waals surface area contributed by atoms with E-state index in [0.717, 1.165) is 44.9 Å². The van der Waals surface area contributed by atoms with Crippen molar-refractivity contribution in [3.8, 4) is 0 Å². The van der Waals surface area contributed by atoms with Crippen molar-refractivity contribution in [2.75, 3.05) is 19.0 Å². The quantitative estimate of drug-likeness (QED) is 0.0197. The van der Waals surface area contributed by atoms with Crippen LogP contribution in [0.4, 0.5) is 0 Å². The zero-order valence-electron chi connectivity index (χ0n) is 38.5. The van der Waals surface area contributed by atoms with Crippen LogP contribution in [0.15, 0.2) is 12.2 Å². The minimum atomic E-state index is -4.60. The highest BCUT2D eigenvalue weighted by molar-refractivity contribution is 7.85. The van der Waals surface area contributed by atoms with E-state index in [1.807, 2.05) is 0 Å². The van der Waals surface area contributed by atoms with Crippen molar-refractivity contribution in [1.29, 1.82) is 0 Å². The van der Waals surface area contributed by atoms with Gasteiger partial charge in [-0.3, -0.25) is 14.1 Å². The first kappa shape index (κ1) is 57.4. The highest BCUT2D eigenvalue weighted by Crippen LogP contribution is 2.24. The average Bonchev–Trinajstić information content (AvgIpc) is 3.22. The summed E-state index contributed by atoms with van der Waals surface area (Å²) in [6, 6.07) is 0. The Hall–Kier alpha value is -1.61. The third-order valence-corrected chi connectivity index (χ3v) is 12.3. The zero-order chi connectivity index (χ0) is 44.8. The van der Waals surface area contributed by atoms with Gasteiger partial charge >= 0.3 is 11.9 Å². The van der Waals surface area contributed by atoms with Crippen LogP contribution in [0.3, 0.4) is 0 Å². The lowest BCUT2D eigenvalue weighted by Gasteiger charge is -2.40. The number of allylic oxidation sites excluding steroid dienone is 2. The van der Waals surface area contributed by atoms with Crippen LogP contribution in [-0.4, -0.2) is 96.0 Å². The minimum Gasteiger partial charge on any atom is -0.462 e. The summed E-state index contributed by atoms with van der Waals surface area (Å²) in [7, 11) is -4.60. The molecule has 0 saturated carbocycles. The molecule has 2 unspecified atom stereocenters. The van der Waals surface area contributed by atoms with Crippen molar-refractivity contribution in [3.63, 3.8) is 0 Å². The Kier molecular flexibility index (Phi) is 36.5. The molecule has 0 aliphatic carbocycles. The second-order valence-electron chi connectivity index (χ2n) is 17.5. The monoisotopic (exact) mass is 891 g/mol. The molecule has 0 amide bonds. The summed E-state index contributed by atoms with van der Waals surface area (Å²) in [5, 5.41) is 30.9. The maximum atomic E-state index is 12.8. The van der Waals surface area contributed by atoms with Gasteiger partial charge in [-0.05, 0) is 38.5 Å². The summed E-state index contributed by atoms with van der Waals surface area (Å²) < 4.78 is 54.1. The van der Waals surface area contributed by atoms with Gasteiger partial charge in [0.05, 0.1) is 6.61 Å². The highest BCUT2D eigenvalue weighted by atomic mass is 32.2. The van der Waals surface area contributed by atoms with E-state index < -0.39 is 71.2 Å². The molecule has 13 heteroatoms. The smallest absolute Gasteiger partial charge is 0.306 e. The number of unbranched alkanes of at least 4 members (excludes halogenated alkanes) is 28. The number of ether oxygens (including phenoxy) is 4. The van der Waals surface area contributed by atoms with Crippen LogP contribution in [0, 0.1) is 0 Å². The standard InChI is InChI=1S/C48H90O12S/c1-3-5-7-9-11-13-15-17-19-20-21-23-24-26-28-30-32-34-36-43(49)57-38-41(39-58-48-47(53)46(52)45(51)42(60-48)40-61(54,55)56)59-44(50)37-35-33-31-29-27-25-22-18-16-14-12-10-8-6-4-2/h25,27,41-42,45-48,51-53H,3-24,26,28-40H2,1-2H3,(H,54,55,56)/b27-25+/t41-,42-,45-,46?,47?,48+/m1/s1. The molecule has 12 nitrogen and oxygen atoms in total. The van der Waals surface area contributed by atoms with Gasteiger partial charge in [0.1, 0.15) is 36.8 Å². The summed E-state index contributed by atoms with van der Waals surface area (Å²) in [6.45, 7) is 3.78. The second kappa shape index (κ2) is 38.8. The van der Waals surface area contributed by atoms with E-state index >= 15 is 0 Å². The lowest BCUT2D eigenvalue weighted by Crippen LogP contribution is -2.60. The van der Waals surface area contributed by atoms with E-state index in [9.17, 15) is 37.9 Å². The van der Waals surface area contributed by atoms with Crippen LogP contribution < -0.4 is 0 Å². The molecular formula is C48H90O12S. The minimum absolute atomic E-state index is 0.148. The summed E-state index contributed by atoms with van der Waals surface area (Å²) >= 11 is 0. The van der Waals surface area contributed by atoms with Gasteiger partial charge in [-0.1, -0.05) is 187 Å². The highest BCUT2D eigenvalue weighted by Gasteiger charge is 2.46. The van der Waals surface area contributed by atoms with Crippen molar-refractivity contribution < 1.29 is 56.8 Å². The van der Waals surface area contributed by atoms with Gasteiger partial charge in [-0.2, -0.15) is 8.42 Å². The molecule has 4 N–H and O–H groups in total. The summed E-state index contributed by atoms with van der Waals surface area (Å²) in [4.78, 5) is 25.5. The molecule has 1 saturated heterocycles. The van der Waals surface area contributed by atoms with Crippen molar-refractivity contribution in [2.24, 2.45) is 0 Å². The molecule has 61 heavy (non-hydrogen) atoms. The van der Waals surface area contributed by atoms with Crippen LogP contribution in [0.5, 0.6) is 0 Å². The summed E-state index contributed by atoms with van der Waals surface area (Å²) in [5.74, 6) is -1.99. The van der Waals surface area contributed by atoms with E-state index in [1.165, 1.54) is 141 Å². The number of rotatable bonds is 42. The first-order chi connectivity index (χ1) is 29.5. The van der Waals surface area contributed by atoms with E-state index in [4.69, 9.17) is 18.9 Å². The van der Waals surface area contributed by atoms with E-state index in [1.54, 1.807) is 0 Å². The molecule has 360 valence electrons. The van der Waals surface area contributed by atoms with Gasteiger partial charge in [0, 0.05) is 12.8 Å². The fraction of sp³-hybridized carbons (Fsp3) is 0.917. The molecule has 1 aliphatic heterocycles. The van der Waals surface area contributed by atoms with Crippen LogP contribution >= 0.6 is 0 Å². The number of esters is 2. The number of carbonyl (C=O) groups excluding carboxylic acids is 2. The summed E-state index contributed by atoms with van der Waals surface area (Å²) in [5.41, 5.74) is 0. The SMILES string of the molecule is CCCCCCCCCC/C=C/CCCCCC(=O)O[C@H](COC(=O)CCCCCCCCCCCCCCCCCCCC)CO[C@H]1O[C@H](CS(=O)(=O)O)[C@@H](O)C(O)C1O. The topological polar surface area (TPSA) is 186 Å². The van der Waals surface area contributed by atoms with Gasteiger partial charge in [0.25, 0.3) is 10.1 Å². The van der Waals surface area contributed by atoms with Crippen molar-refractivity contribution in [3.05, 3.63) is 12.2 Å². The number of carbonyl (C=O) groups is 2. The molecule has 0 spiro atoms. The normalized spacial score (nSPS) is 20.0. The molecule has 6 atom stereocenters. The zero-order valence-corrected chi connectivity index (χ0v) is 39.4. The van der Waals surface area contributed by atoms with Gasteiger partial charge in [-0.15, -0.1) is 0 Å². The van der Waals surface area contributed by atoms with Crippen molar-refractivity contribution in [1.82, 2.24) is 0 Å². The van der Waals surface area contributed by atoms with Crippen LogP contribution in [0.25, 0.3) is 0 Å². The maximum absolute atomic E-state index is 12.8. The van der Waals surface area contributed by atoms with Gasteiger partial charge in [-0.25, -0.2) is 0 Å². The molecule has 0 aromatic carbocycles. The van der Waals surface area contributed by atoms with Crippen molar-refractivity contribution in [2.45, 2.75) is 263 Å². The third kappa shape index (κ3) is 33.6. The van der Waals surface area contributed by atoms with E-state index in [-0.39, 0.29) is 19.4 Å². The molecule has 1 heterocycles. The predicted molar refractivity (Wildman–Crippen MR) is 243 cm³/mol. The number of hydrogen-bond acceptors (Lipinski definition) is 11. The van der Waals surface area contributed by atoms with Crippen LogP contribution in [0.2, 0.25) is 0 Å². The number of hydrogen-bond donors (Lipinski definition) is 4. The predicted octanol–water partition coefficient (Wildman–Crippen LogP) is 10.6. The molecule has 1 rings (SSSR count). The summed E-state index contributed by atoms with van der Waals surface area (Å²) in [6.07, 6.45) is 32.5. The maximum Gasteiger partial charge on any atom is 0.306 e. The van der Waals surface area contributed by atoms with Crippen molar-refractivity contribution >= 4 is 22.1 Å². The van der Waals surface area contributed by atoms with E-state index in [2.05, 4.69) is 26.0 Å². The first-order valence-corrected chi connectivity index (χ1v) is 26.4. The van der Waals surface area contributed by atoms with Crippen LogP contribution in [-0.2, 0) is 38.7 Å². The Balaban J connectivity index is 2.39. The van der Waals surface area contributed by atoms with Gasteiger partial charge in [0.15, 0.2) is 12.4 Å². The van der Waals surface area contributed by atoms with Crippen LogP contribution in [0.1, 0.15) is 226 Å². The largest absolute Gasteiger partial charge is 0.462 e. The Bertz CT molecular complexity index is 1180. The third-order valence-electron chi connectivity index (χ3n) is 11.6. The number of aliphatic hydroxyl groups is 3. The Morgan fingerprint density at radius 2 is 0.934 bits per heavy atom. The van der Waals surface area contributed by atoms with Gasteiger partial charge in [0.2, 0.25) is 0 Å².